The van der Waals surface area contributed by atoms with Crippen LogP contribution >= 0.6 is 22.9 Å². The van der Waals surface area contributed by atoms with Crippen molar-refractivity contribution in [1.82, 2.24) is 9.88 Å². The lowest BCUT2D eigenvalue weighted by Gasteiger charge is -2.35. The maximum absolute atomic E-state index is 14.2. The molecular formula is C21H18ClFN4S. The standard InChI is InChI=1S/C21H18ClFN4S/c22-18-4-2-1-3-17(18)21-25-16(14-28-21)13-26-7-9-27(10-8-26)20-6-5-15(12-24)11-19(20)23/h1-6,11,14H,7-10,13H2. The Morgan fingerprint density at radius 3 is 2.64 bits per heavy atom. The monoisotopic (exact) mass is 412 g/mol. The number of halogens is 2. The Morgan fingerprint density at radius 2 is 1.93 bits per heavy atom. The Bertz CT molecular complexity index is 1020. The summed E-state index contributed by atoms with van der Waals surface area (Å²) in [5.41, 5.74) is 2.89. The highest BCUT2D eigenvalue weighted by Gasteiger charge is 2.20. The fourth-order valence-corrected chi connectivity index (χ4v) is 4.48. The van der Waals surface area contributed by atoms with Crippen LogP contribution in [0, 0.1) is 17.1 Å². The minimum Gasteiger partial charge on any atom is -0.367 e. The van der Waals surface area contributed by atoms with Gasteiger partial charge in [0.05, 0.1) is 28.0 Å². The van der Waals surface area contributed by atoms with E-state index >= 15 is 0 Å². The van der Waals surface area contributed by atoms with E-state index in [4.69, 9.17) is 21.8 Å². The first-order valence-corrected chi connectivity index (χ1v) is 10.3. The Balaban J connectivity index is 1.38. The predicted octanol–water partition coefficient (Wildman–Crippen LogP) is 4.80. The van der Waals surface area contributed by atoms with Gasteiger partial charge in [0.1, 0.15) is 10.8 Å². The fraction of sp³-hybridized carbons (Fsp3) is 0.238. The molecule has 1 aromatic heterocycles. The molecule has 0 unspecified atom stereocenters. The first-order valence-electron chi connectivity index (χ1n) is 9.00. The molecule has 0 spiro atoms. The Labute approximate surface area is 172 Å². The van der Waals surface area contributed by atoms with Crippen LogP contribution in [0.5, 0.6) is 0 Å². The molecule has 1 aliphatic heterocycles. The molecule has 0 aliphatic carbocycles. The SMILES string of the molecule is N#Cc1ccc(N2CCN(Cc3csc(-c4ccccc4Cl)n3)CC2)c(F)c1. The van der Waals surface area contributed by atoms with E-state index in [1.165, 1.54) is 6.07 Å². The summed E-state index contributed by atoms with van der Waals surface area (Å²) in [7, 11) is 0. The Hall–Kier alpha value is -2.46. The highest BCUT2D eigenvalue weighted by molar-refractivity contribution is 7.13. The van der Waals surface area contributed by atoms with E-state index in [1.54, 1.807) is 23.5 Å². The van der Waals surface area contributed by atoms with E-state index in [0.29, 0.717) is 16.3 Å². The van der Waals surface area contributed by atoms with Gasteiger partial charge in [-0.2, -0.15) is 5.26 Å². The summed E-state index contributed by atoms with van der Waals surface area (Å²) in [5, 5.41) is 12.6. The quantitative estimate of drug-likeness (QED) is 0.617. The molecule has 1 saturated heterocycles. The van der Waals surface area contributed by atoms with Gasteiger partial charge in [-0.05, 0) is 24.3 Å². The van der Waals surface area contributed by atoms with Gasteiger partial charge >= 0.3 is 0 Å². The van der Waals surface area contributed by atoms with Crippen molar-refractivity contribution in [2.75, 3.05) is 31.1 Å². The van der Waals surface area contributed by atoms with Crippen molar-refractivity contribution in [2.45, 2.75) is 6.54 Å². The zero-order valence-electron chi connectivity index (χ0n) is 15.1. The second-order valence-corrected chi connectivity index (χ2v) is 7.93. The number of hydrogen-bond acceptors (Lipinski definition) is 5. The molecule has 0 N–H and O–H groups in total. The molecule has 1 aliphatic rings. The summed E-state index contributed by atoms with van der Waals surface area (Å²) in [5.74, 6) is -0.337. The fourth-order valence-electron chi connectivity index (χ4n) is 3.35. The van der Waals surface area contributed by atoms with Crippen molar-refractivity contribution in [3.8, 4) is 16.6 Å². The van der Waals surface area contributed by atoms with Crippen molar-refractivity contribution in [2.24, 2.45) is 0 Å². The molecule has 2 heterocycles. The van der Waals surface area contributed by atoms with Crippen molar-refractivity contribution in [3.05, 3.63) is 69.9 Å². The van der Waals surface area contributed by atoms with Crippen molar-refractivity contribution < 1.29 is 4.39 Å². The largest absolute Gasteiger partial charge is 0.367 e. The molecule has 7 heteroatoms. The molecule has 0 amide bonds. The highest BCUT2D eigenvalue weighted by Crippen LogP contribution is 2.30. The number of hydrogen-bond donors (Lipinski definition) is 0. The summed E-state index contributed by atoms with van der Waals surface area (Å²) in [6, 6.07) is 14.4. The van der Waals surface area contributed by atoms with Crippen molar-refractivity contribution in [3.63, 3.8) is 0 Å². The zero-order chi connectivity index (χ0) is 19.5. The number of thiazole rings is 1. The summed E-state index contributed by atoms with van der Waals surface area (Å²) >= 11 is 7.87. The number of nitrogens with zero attached hydrogens (tertiary/aromatic N) is 4. The maximum Gasteiger partial charge on any atom is 0.147 e. The molecule has 4 nitrogen and oxygen atoms in total. The van der Waals surface area contributed by atoms with E-state index in [2.05, 4.69) is 10.3 Å². The average Bonchev–Trinajstić information content (AvgIpc) is 3.17. The summed E-state index contributed by atoms with van der Waals surface area (Å²) in [6.07, 6.45) is 0. The van der Waals surface area contributed by atoms with Gasteiger partial charge in [0.25, 0.3) is 0 Å². The number of rotatable bonds is 4. The third-order valence-corrected chi connectivity index (χ3v) is 6.09. The molecule has 3 aromatic rings. The smallest absolute Gasteiger partial charge is 0.147 e. The van der Waals surface area contributed by atoms with Crippen LogP contribution < -0.4 is 4.90 Å². The normalized spacial score (nSPS) is 14.8. The van der Waals surface area contributed by atoms with Gasteiger partial charge in [0, 0.05) is 43.7 Å². The lowest BCUT2D eigenvalue weighted by atomic mass is 10.2. The number of nitriles is 1. The van der Waals surface area contributed by atoms with E-state index in [9.17, 15) is 4.39 Å². The maximum atomic E-state index is 14.2. The second-order valence-electron chi connectivity index (χ2n) is 6.67. The second kappa shape index (κ2) is 8.27. The molecule has 142 valence electrons. The van der Waals surface area contributed by atoms with Crippen LogP contribution in [-0.2, 0) is 6.54 Å². The molecule has 0 bridgehead atoms. The van der Waals surface area contributed by atoms with E-state index in [-0.39, 0.29) is 5.82 Å². The van der Waals surface area contributed by atoms with Crippen molar-refractivity contribution in [1.29, 1.82) is 5.26 Å². The first-order chi connectivity index (χ1) is 13.6. The van der Waals surface area contributed by atoms with Crippen LogP contribution in [-0.4, -0.2) is 36.1 Å². The van der Waals surface area contributed by atoms with Crippen LogP contribution in [0.2, 0.25) is 5.02 Å². The van der Waals surface area contributed by atoms with Gasteiger partial charge in [-0.15, -0.1) is 11.3 Å². The van der Waals surface area contributed by atoms with E-state index in [0.717, 1.165) is 49.0 Å². The number of piperazine rings is 1. The van der Waals surface area contributed by atoms with Gasteiger partial charge in [0.2, 0.25) is 0 Å². The van der Waals surface area contributed by atoms with Gasteiger partial charge in [0.15, 0.2) is 0 Å². The van der Waals surface area contributed by atoms with Crippen LogP contribution in [0.1, 0.15) is 11.3 Å². The minimum atomic E-state index is -0.337. The van der Waals surface area contributed by atoms with Gasteiger partial charge < -0.3 is 4.90 Å². The number of anilines is 1. The van der Waals surface area contributed by atoms with Crippen LogP contribution in [0.4, 0.5) is 10.1 Å². The highest BCUT2D eigenvalue weighted by atomic mass is 35.5. The number of benzene rings is 2. The molecule has 1 fully saturated rings. The molecule has 0 saturated carbocycles. The molecule has 4 rings (SSSR count). The molecule has 0 atom stereocenters. The van der Waals surface area contributed by atoms with Gasteiger partial charge in [-0.1, -0.05) is 29.8 Å². The van der Waals surface area contributed by atoms with Crippen LogP contribution in [0.3, 0.4) is 0 Å². The molecule has 0 radical (unpaired) electrons. The number of aromatic nitrogens is 1. The van der Waals surface area contributed by atoms with Crippen LogP contribution in [0.25, 0.3) is 10.6 Å². The third kappa shape index (κ3) is 4.02. The summed E-state index contributed by atoms with van der Waals surface area (Å²) in [4.78, 5) is 9.09. The minimum absolute atomic E-state index is 0.337. The lowest BCUT2D eigenvalue weighted by molar-refractivity contribution is 0.247. The first kappa shape index (κ1) is 18.9. The molecular weight excluding hydrogens is 395 g/mol. The van der Waals surface area contributed by atoms with Gasteiger partial charge in [-0.3, -0.25) is 4.90 Å². The Morgan fingerprint density at radius 1 is 1.14 bits per heavy atom. The molecule has 2 aromatic carbocycles. The third-order valence-electron chi connectivity index (χ3n) is 4.83. The molecule has 28 heavy (non-hydrogen) atoms. The lowest BCUT2D eigenvalue weighted by Crippen LogP contribution is -2.46. The topological polar surface area (TPSA) is 43.2 Å². The van der Waals surface area contributed by atoms with E-state index in [1.807, 2.05) is 35.2 Å². The van der Waals surface area contributed by atoms with Crippen LogP contribution in [0.15, 0.2) is 47.8 Å². The van der Waals surface area contributed by atoms with Crippen molar-refractivity contribution >= 4 is 28.6 Å². The summed E-state index contributed by atoms with van der Waals surface area (Å²) < 4.78 is 14.2. The Kier molecular flexibility index (Phi) is 5.58. The zero-order valence-corrected chi connectivity index (χ0v) is 16.7. The van der Waals surface area contributed by atoms with E-state index < -0.39 is 0 Å². The average molecular weight is 413 g/mol. The summed E-state index contributed by atoms with van der Waals surface area (Å²) in [6.45, 7) is 3.91. The van der Waals surface area contributed by atoms with Gasteiger partial charge in [-0.25, -0.2) is 9.37 Å². The predicted molar refractivity (Wildman–Crippen MR) is 111 cm³/mol.